The van der Waals surface area contributed by atoms with E-state index < -0.39 is 0 Å². The molecule has 2 saturated heterocycles. The lowest BCUT2D eigenvalue weighted by Gasteiger charge is -2.31. The van der Waals surface area contributed by atoms with Gasteiger partial charge < -0.3 is 20.9 Å². The first-order valence-corrected chi connectivity index (χ1v) is 9.71. The number of halogens is 2. The molecule has 1 aromatic rings. The molecule has 0 bridgehead atoms. The SMILES string of the molecule is CC(C(=O)NCc1ccc(C(=O)NCCN2CCCC2)cc1)C1CNC1.Cl.Cl. The van der Waals surface area contributed by atoms with Gasteiger partial charge in [0.1, 0.15) is 0 Å². The first-order valence-electron chi connectivity index (χ1n) is 9.71. The lowest BCUT2D eigenvalue weighted by Crippen LogP contribution is -2.49. The summed E-state index contributed by atoms with van der Waals surface area (Å²) in [5, 5.41) is 9.17. The number of carbonyl (C=O) groups excluding carboxylic acids is 2. The zero-order valence-electron chi connectivity index (χ0n) is 16.4. The third-order valence-corrected chi connectivity index (χ3v) is 5.53. The first kappa shape index (κ1) is 24.7. The van der Waals surface area contributed by atoms with Crippen molar-refractivity contribution >= 4 is 36.6 Å². The minimum atomic E-state index is -0.0362. The smallest absolute Gasteiger partial charge is 0.251 e. The van der Waals surface area contributed by atoms with Crippen molar-refractivity contribution in [3.63, 3.8) is 0 Å². The number of amides is 2. The average Bonchev–Trinajstić information content (AvgIpc) is 3.12. The predicted octanol–water partition coefficient (Wildman–Crippen LogP) is 1.83. The number of nitrogens with one attached hydrogen (secondary N) is 3. The van der Waals surface area contributed by atoms with Gasteiger partial charge in [0.05, 0.1) is 0 Å². The Morgan fingerprint density at radius 1 is 1.11 bits per heavy atom. The van der Waals surface area contributed by atoms with Gasteiger partial charge in [-0.3, -0.25) is 9.59 Å². The highest BCUT2D eigenvalue weighted by atomic mass is 35.5. The van der Waals surface area contributed by atoms with Gasteiger partial charge in [0, 0.05) is 31.1 Å². The van der Waals surface area contributed by atoms with Crippen LogP contribution in [-0.4, -0.2) is 56.0 Å². The van der Waals surface area contributed by atoms with Crippen molar-refractivity contribution in [2.75, 3.05) is 39.3 Å². The molecule has 0 radical (unpaired) electrons. The van der Waals surface area contributed by atoms with Crippen LogP contribution in [0.25, 0.3) is 0 Å². The topological polar surface area (TPSA) is 73.5 Å². The third-order valence-electron chi connectivity index (χ3n) is 5.53. The molecular weight excluding hydrogens is 399 g/mol. The number of carbonyl (C=O) groups is 2. The summed E-state index contributed by atoms with van der Waals surface area (Å²) in [4.78, 5) is 26.7. The second kappa shape index (κ2) is 12.3. The summed E-state index contributed by atoms with van der Waals surface area (Å²) >= 11 is 0. The van der Waals surface area contributed by atoms with Gasteiger partial charge in [-0.05, 0) is 62.6 Å². The monoisotopic (exact) mass is 430 g/mol. The Morgan fingerprint density at radius 3 is 2.32 bits per heavy atom. The van der Waals surface area contributed by atoms with Crippen LogP contribution in [0.5, 0.6) is 0 Å². The zero-order chi connectivity index (χ0) is 18.4. The second-order valence-corrected chi connectivity index (χ2v) is 7.43. The van der Waals surface area contributed by atoms with Crippen molar-refractivity contribution in [3.8, 4) is 0 Å². The van der Waals surface area contributed by atoms with Crippen molar-refractivity contribution < 1.29 is 9.59 Å². The summed E-state index contributed by atoms with van der Waals surface area (Å²) < 4.78 is 0. The van der Waals surface area contributed by atoms with Crippen LogP contribution in [0.4, 0.5) is 0 Å². The molecule has 158 valence electrons. The number of nitrogens with zero attached hydrogens (tertiary/aromatic N) is 1. The van der Waals surface area contributed by atoms with Crippen molar-refractivity contribution in [2.24, 2.45) is 11.8 Å². The van der Waals surface area contributed by atoms with Crippen LogP contribution in [0.3, 0.4) is 0 Å². The molecule has 0 spiro atoms. The summed E-state index contributed by atoms with van der Waals surface area (Å²) in [6.07, 6.45) is 2.53. The molecule has 8 heteroatoms. The van der Waals surface area contributed by atoms with E-state index in [1.807, 2.05) is 31.2 Å². The summed E-state index contributed by atoms with van der Waals surface area (Å²) in [5.74, 6) is 0.546. The standard InChI is InChI=1S/C20H30N4O2.2ClH/c1-15(18-13-21-14-18)19(25)23-12-16-4-6-17(7-5-16)20(26)22-8-11-24-9-2-3-10-24;;/h4-7,15,18,21H,2-3,8-14H2,1H3,(H,22,26)(H,23,25);2*1H. The van der Waals surface area contributed by atoms with Crippen molar-refractivity contribution in [1.29, 1.82) is 0 Å². The van der Waals surface area contributed by atoms with Crippen LogP contribution >= 0.6 is 24.8 Å². The minimum absolute atomic E-state index is 0. The van der Waals surface area contributed by atoms with E-state index in [0.29, 0.717) is 24.6 Å². The third kappa shape index (κ3) is 6.92. The van der Waals surface area contributed by atoms with Gasteiger partial charge >= 0.3 is 0 Å². The maximum Gasteiger partial charge on any atom is 0.251 e. The van der Waals surface area contributed by atoms with Crippen molar-refractivity contribution in [2.45, 2.75) is 26.3 Å². The molecule has 0 saturated carbocycles. The Balaban J connectivity index is 0.00000196. The summed E-state index contributed by atoms with van der Waals surface area (Å²) in [6, 6.07) is 7.47. The van der Waals surface area contributed by atoms with Crippen molar-refractivity contribution in [1.82, 2.24) is 20.9 Å². The number of likely N-dealkylation sites (tertiary alicyclic amines) is 1. The molecule has 1 unspecified atom stereocenters. The molecule has 1 atom stereocenters. The van der Waals surface area contributed by atoms with Gasteiger partial charge in [-0.25, -0.2) is 0 Å². The van der Waals surface area contributed by atoms with Crippen LogP contribution in [-0.2, 0) is 11.3 Å². The Kier molecular flexibility index (Phi) is 10.8. The molecule has 1 aromatic carbocycles. The number of hydrogen-bond acceptors (Lipinski definition) is 4. The second-order valence-electron chi connectivity index (χ2n) is 7.43. The van der Waals surface area contributed by atoms with E-state index in [2.05, 4.69) is 20.9 Å². The number of rotatable bonds is 8. The van der Waals surface area contributed by atoms with Gasteiger partial charge in [0.15, 0.2) is 0 Å². The normalized spacial score (nSPS) is 17.6. The Hall–Kier alpha value is -1.34. The molecule has 3 N–H and O–H groups in total. The van der Waals surface area contributed by atoms with E-state index in [9.17, 15) is 9.59 Å². The van der Waals surface area contributed by atoms with E-state index in [0.717, 1.165) is 38.3 Å². The van der Waals surface area contributed by atoms with E-state index in [1.165, 1.54) is 12.8 Å². The van der Waals surface area contributed by atoms with Crippen molar-refractivity contribution in [3.05, 3.63) is 35.4 Å². The van der Waals surface area contributed by atoms with Gasteiger partial charge in [0.25, 0.3) is 5.91 Å². The highest BCUT2D eigenvalue weighted by molar-refractivity contribution is 5.94. The molecule has 2 aliphatic heterocycles. The molecule has 6 nitrogen and oxygen atoms in total. The summed E-state index contributed by atoms with van der Waals surface area (Å²) in [5.41, 5.74) is 1.67. The lowest BCUT2D eigenvalue weighted by atomic mass is 9.88. The van der Waals surface area contributed by atoms with E-state index in [-0.39, 0.29) is 42.5 Å². The van der Waals surface area contributed by atoms with Crippen LogP contribution in [0.1, 0.15) is 35.7 Å². The fraction of sp³-hybridized carbons (Fsp3) is 0.600. The maximum atomic E-state index is 12.2. The Bertz CT molecular complexity index is 617. The fourth-order valence-corrected chi connectivity index (χ4v) is 3.44. The number of hydrogen-bond donors (Lipinski definition) is 3. The largest absolute Gasteiger partial charge is 0.352 e. The first-order chi connectivity index (χ1) is 12.6. The molecule has 28 heavy (non-hydrogen) atoms. The van der Waals surface area contributed by atoms with Gasteiger partial charge in [-0.1, -0.05) is 19.1 Å². The van der Waals surface area contributed by atoms with E-state index in [4.69, 9.17) is 0 Å². The molecule has 2 amide bonds. The molecule has 2 fully saturated rings. The Labute approximate surface area is 180 Å². The molecule has 0 aromatic heterocycles. The molecular formula is C20H32Cl2N4O2. The summed E-state index contributed by atoms with van der Waals surface area (Å²) in [6.45, 7) is 8.23. The molecule has 2 aliphatic rings. The highest BCUT2D eigenvalue weighted by Crippen LogP contribution is 2.16. The van der Waals surface area contributed by atoms with Crippen LogP contribution in [0.15, 0.2) is 24.3 Å². The van der Waals surface area contributed by atoms with E-state index in [1.54, 1.807) is 0 Å². The van der Waals surface area contributed by atoms with Crippen LogP contribution in [0.2, 0.25) is 0 Å². The van der Waals surface area contributed by atoms with E-state index >= 15 is 0 Å². The van der Waals surface area contributed by atoms with Gasteiger partial charge in [-0.15, -0.1) is 24.8 Å². The minimum Gasteiger partial charge on any atom is -0.352 e. The highest BCUT2D eigenvalue weighted by Gasteiger charge is 2.28. The molecule has 2 heterocycles. The average molecular weight is 431 g/mol. The lowest BCUT2D eigenvalue weighted by molar-refractivity contribution is -0.126. The quantitative estimate of drug-likeness (QED) is 0.587. The number of benzene rings is 1. The van der Waals surface area contributed by atoms with Gasteiger partial charge in [0.2, 0.25) is 5.91 Å². The zero-order valence-corrected chi connectivity index (χ0v) is 18.0. The summed E-state index contributed by atoms with van der Waals surface area (Å²) in [7, 11) is 0. The molecule has 0 aliphatic carbocycles. The fourth-order valence-electron chi connectivity index (χ4n) is 3.44. The Morgan fingerprint density at radius 2 is 1.75 bits per heavy atom. The molecule has 3 rings (SSSR count). The van der Waals surface area contributed by atoms with Crippen LogP contribution in [0, 0.1) is 11.8 Å². The van der Waals surface area contributed by atoms with Crippen LogP contribution < -0.4 is 16.0 Å². The van der Waals surface area contributed by atoms with Gasteiger partial charge in [-0.2, -0.15) is 0 Å². The maximum absolute atomic E-state index is 12.2. The predicted molar refractivity (Wildman–Crippen MR) is 116 cm³/mol.